The molecular formula is C16H20N2S. The highest BCUT2D eigenvalue weighted by atomic mass is 32.1. The van der Waals surface area contributed by atoms with Gasteiger partial charge >= 0.3 is 0 Å². The monoisotopic (exact) mass is 272 g/mol. The van der Waals surface area contributed by atoms with Gasteiger partial charge in [0.05, 0.1) is 5.01 Å². The molecular weight excluding hydrogens is 252 g/mol. The zero-order valence-electron chi connectivity index (χ0n) is 11.5. The molecule has 1 aromatic carbocycles. The Balaban J connectivity index is 1.76. The maximum absolute atomic E-state index is 4.41. The van der Waals surface area contributed by atoms with Crippen LogP contribution in [0, 0.1) is 12.8 Å². The molecule has 1 aliphatic carbocycles. The second-order valence-corrected chi connectivity index (χ2v) is 6.50. The van der Waals surface area contributed by atoms with Crippen molar-refractivity contribution in [3.05, 3.63) is 52.0 Å². The fourth-order valence-electron chi connectivity index (χ4n) is 2.87. The van der Waals surface area contributed by atoms with Crippen molar-refractivity contribution in [2.75, 3.05) is 6.54 Å². The smallest absolute Gasteiger partial charge is 0.0897 e. The largest absolute Gasteiger partial charge is 0.309 e. The standard InChI is InChI=1S/C16H20N2S/c1-3-17-16(15-10-18-11(2)19-15)14-9-13(14)12-7-5-4-6-8-12/h4-8,10,13-14,16-17H,3,9H2,1-2H3. The minimum Gasteiger partial charge on any atom is -0.309 e. The fraction of sp³-hybridized carbons (Fsp3) is 0.438. The number of rotatable bonds is 5. The van der Waals surface area contributed by atoms with Gasteiger partial charge in [-0.15, -0.1) is 11.3 Å². The van der Waals surface area contributed by atoms with E-state index in [1.807, 2.05) is 17.5 Å². The van der Waals surface area contributed by atoms with E-state index < -0.39 is 0 Å². The molecule has 0 radical (unpaired) electrons. The Morgan fingerprint density at radius 3 is 2.79 bits per heavy atom. The van der Waals surface area contributed by atoms with E-state index in [2.05, 4.69) is 54.5 Å². The van der Waals surface area contributed by atoms with Gasteiger partial charge in [0.15, 0.2) is 0 Å². The quantitative estimate of drug-likeness (QED) is 0.892. The van der Waals surface area contributed by atoms with Crippen molar-refractivity contribution in [3.63, 3.8) is 0 Å². The molecule has 0 amide bonds. The second kappa shape index (κ2) is 5.43. The van der Waals surface area contributed by atoms with Gasteiger partial charge in [-0.3, -0.25) is 0 Å². The highest BCUT2D eigenvalue weighted by Gasteiger charge is 2.44. The van der Waals surface area contributed by atoms with Gasteiger partial charge in [-0.25, -0.2) is 4.98 Å². The van der Waals surface area contributed by atoms with E-state index >= 15 is 0 Å². The van der Waals surface area contributed by atoms with Crippen LogP contribution in [0.5, 0.6) is 0 Å². The minimum absolute atomic E-state index is 0.474. The van der Waals surface area contributed by atoms with Crippen LogP contribution in [0.1, 0.15) is 40.8 Å². The van der Waals surface area contributed by atoms with E-state index in [0.29, 0.717) is 12.0 Å². The minimum atomic E-state index is 0.474. The van der Waals surface area contributed by atoms with Crippen molar-refractivity contribution in [3.8, 4) is 0 Å². The maximum atomic E-state index is 4.41. The van der Waals surface area contributed by atoms with Gasteiger partial charge < -0.3 is 5.32 Å². The maximum Gasteiger partial charge on any atom is 0.0897 e. The van der Waals surface area contributed by atoms with E-state index in [-0.39, 0.29) is 0 Å². The van der Waals surface area contributed by atoms with E-state index in [9.17, 15) is 0 Å². The Morgan fingerprint density at radius 1 is 1.37 bits per heavy atom. The predicted octanol–water partition coefficient (Wildman–Crippen LogP) is 3.91. The van der Waals surface area contributed by atoms with E-state index in [1.165, 1.54) is 16.9 Å². The van der Waals surface area contributed by atoms with Crippen molar-refractivity contribution < 1.29 is 0 Å². The first-order valence-electron chi connectivity index (χ1n) is 7.00. The Labute approximate surface area is 118 Å². The Morgan fingerprint density at radius 2 is 2.16 bits per heavy atom. The van der Waals surface area contributed by atoms with Crippen LogP contribution >= 0.6 is 11.3 Å². The molecule has 1 fully saturated rings. The summed E-state index contributed by atoms with van der Waals surface area (Å²) >= 11 is 1.83. The normalized spacial score (nSPS) is 23.3. The average molecular weight is 272 g/mol. The predicted molar refractivity (Wildman–Crippen MR) is 80.6 cm³/mol. The summed E-state index contributed by atoms with van der Waals surface area (Å²) in [5.74, 6) is 1.44. The highest BCUT2D eigenvalue weighted by molar-refractivity contribution is 7.11. The van der Waals surface area contributed by atoms with Crippen molar-refractivity contribution >= 4 is 11.3 Å². The molecule has 3 unspecified atom stereocenters. The summed E-state index contributed by atoms with van der Waals surface area (Å²) in [7, 11) is 0. The Bertz CT molecular complexity index is 535. The average Bonchev–Trinajstić information content (AvgIpc) is 3.12. The zero-order valence-corrected chi connectivity index (χ0v) is 12.3. The molecule has 1 heterocycles. The van der Waals surface area contributed by atoms with E-state index in [1.54, 1.807) is 0 Å². The highest BCUT2D eigenvalue weighted by Crippen LogP contribution is 2.54. The molecule has 100 valence electrons. The number of nitrogens with zero attached hydrogens (tertiary/aromatic N) is 1. The zero-order chi connectivity index (χ0) is 13.2. The van der Waals surface area contributed by atoms with Crippen molar-refractivity contribution in [2.24, 2.45) is 5.92 Å². The Kier molecular flexibility index (Phi) is 3.67. The first-order valence-corrected chi connectivity index (χ1v) is 7.82. The molecule has 0 spiro atoms. The summed E-state index contributed by atoms with van der Waals surface area (Å²) in [4.78, 5) is 5.80. The lowest BCUT2D eigenvalue weighted by Gasteiger charge is -2.16. The molecule has 0 saturated heterocycles. The van der Waals surface area contributed by atoms with Crippen molar-refractivity contribution in [1.82, 2.24) is 10.3 Å². The number of aryl methyl sites for hydroxylation is 1. The number of aromatic nitrogens is 1. The van der Waals surface area contributed by atoms with Gasteiger partial charge in [-0.05, 0) is 37.3 Å². The molecule has 3 rings (SSSR count). The lowest BCUT2D eigenvalue weighted by atomic mass is 10.0. The molecule has 1 N–H and O–H groups in total. The van der Waals surface area contributed by atoms with E-state index in [4.69, 9.17) is 0 Å². The molecule has 1 aromatic heterocycles. The van der Waals surface area contributed by atoms with Crippen LogP contribution in [-0.4, -0.2) is 11.5 Å². The van der Waals surface area contributed by atoms with Crippen LogP contribution in [0.25, 0.3) is 0 Å². The van der Waals surface area contributed by atoms with Crippen molar-refractivity contribution in [1.29, 1.82) is 0 Å². The molecule has 0 bridgehead atoms. The number of nitrogens with one attached hydrogen (secondary N) is 1. The summed E-state index contributed by atoms with van der Waals surface area (Å²) in [6.07, 6.45) is 3.34. The molecule has 1 aliphatic rings. The van der Waals surface area contributed by atoms with Crippen LogP contribution < -0.4 is 5.32 Å². The van der Waals surface area contributed by atoms with Gasteiger partial charge in [0.2, 0.25) is 0 Å². The number of hydrogen-bond acceptors (Lipinski definition) is 3. The summed E-state index contributed by atoms with van der Waals surface area (Å²) in [5, 5.41) is 4.81. The third-order valence-corrected chi connectivity index (χ3v) is 4.86. The molecule has 3 heteroatoms. The van der Waals surface area contributed by atoms with Crippen LogP contribution in [0.2, 0.25) is 0 Å². The summed E-state index contributed by atoms with van der Waals surface area (Å²) in [6, 6.07) is 11.4. The van der Waals surface area contributed by atoms with Gasteiger partial charge in [0, 0.05) is 17.1 Å². The lowest BCUT2D eigenvalue weighted by molar-refractivity contribution is 0.494. The SMILES string of the molecule is CCNC(c1cnc(C)s1)C1CC1c1ccccc1. The molecule has 1 saturated carbocycles. The van der Waals surface area contributed by atoms with Crippen LogP contribution in [0.15, 0.2) is 36.5 Å². The summed E-state index contributed by atoms with van der Waals surface area (Å²) < 4.78 is 0. The molecule has 19 heavy (non-hydrogen) atoms. The molecule has 0 aliphatic heterocycles. The van der Waals surface area contributed by atoms with Crippen molar-refractivity contribution in [2.45, 2.75) is 32.2 Å². The van der Waals surface area contributed by atoms with Crippen LogP contribution in [0.3, 0.4) is 0 Å². The molecule has 2 aromatic rings. The first-order chi connectivity index (χ1) is 9.29. The number of benzene rings is 1. The summed E-state index contributed by atoms with van der Waals surface area (Å²) in [6.45, 7) is 5.28. The molecule has 2 nitrogen and oxygen atoms in total. The third kappa shape index (κ3) is 2.72. The third-order valence-electron chi connectivity index (χ3n) is 3.87. The van der Waals surface area contributed by atoms with E-state index in [0.717, 1.165) is 17.5 Å². The van der Waals surface area contributed by atoms with Crippen LogP contribution in [0.4, 0.5) is 0 Å². The van der Waals surface area contributed by atoms with Gasteiger partial charge in [-0.2, -0.15) is 0 Å². The number of thiazole rings is 1. The van der Waals surface area contributed by atoms with Gasteiger partial charge in [-0.1, -0.05) is 37.3 Å². The fourth-order valence-corrected chi connectivity index (χ4v) is 3.81. The number of hydrogen-bond donors (Lipinski definition) is 1. The molecule has 3 atom stereocenters. The van der Waals surface area contributed by atoms with Gasteiger partial charge in [0.25, 0.3) is 0 Å². The second-order valence-electron chi connectivity index (χ2n) is 5.23. The Hall–Kier alpha value is -1.19. The first kappa shape index (κ1) is 12.8. The lowest BCUT2D eigenvalue weighted by Crippen LogP contribution is -2.22. The van der Waals surface area contributed by atoms with Crippen LogP contribution in [-0.2, 0) is 0 Å². The van der Waals surface area contributed by atoms with Gasteiger partial charge in [0.1, 0.15) is 0 Å². The topological polar surface area (TPSA) is 24.9 Å². The summed E-state index contributed by atoms with van der Waals surface area (Å²) in [5.41, 5.74) is 1.48.